The number of hydrogen-bond donors (Lipinski definition) is 2. The van der Waals surface area contributed by atoms with E-state index in [0.717, 1.165) is 36.3 Å². The molecule has 3 nitrogen and oxygen atoms in total. The molecule has 2 aromatic rings. The standard InChI is InChI=1S/C18H22NO2P/c20-16-13-11-15(12-14-16)19-22(21,17-7-3-1-4-8-17)18-9-5-2-6-10-18/h1-10,15-16,20H,11-14H2,(H,19,21). The van der Waals surface area contributed by atoms with E-state index in [1.54, 1.807) is 0 Å². The molecule has 2 aromatic carbocycles. The minimum Gasteiger partial charge on any atom is -0.393 e. The second kappa shape index (κ2) is 6.78. The third-order valence-electron chi connectivity index (χ3n) is 4.30. The van der Waals surface area contributed by atoms with Crippen LogP contribution in [-0.4, -0.2) is 17.3 Å². The SMILES string of the molecule is O=P(NC1CCC(O)CC1)(c1ccccc1)c1ccccc1. The molecule has 116 valence electrons. The molecule has 1 aliphatic rings. The first-order valence-electron chi connectivity index (χ1n) is 7.85. The van der Waals surface area contributed by atoms with Gasteiger partial charge in [0.15, 0.2) is 0 Å². The Bertz CT molecular complexity index is 593. The Morgan fingerprint density at radius 2 is 1.27 bits per heavy atom. The molecule has 1 fully saturated rings. The summed E-state index contributed by atoms with van der Waals surface area (Å²) in [6, 6.07) is 19.5. The molecule has 2 N–H and O–H groups in total. The first-order valence-corrected chi connectivity index (χ1v) is 9.56. The molecule has 0 radical (unpaired) electrons. The van der Waals surface area contributed by atoms with E-state index < -0.39 is 7.29 Å². The van der Waals surface area contributed by atoms with Gasteiger partial charge in [0, 0.05) is 16.7 Å². The van der Waals surface area contributed by atoms with E-state index in [1.807, 2.05) is 60.7 Å². The summed E-state index contributed by atoms with van der Waals surface area (Å²) in [6.07, 6.45) is 3.09. The van der Waals surface area contributed by atoms with Crippen LogP contribution in [0.25, 0.3) is 0 Å². The molecule has 0 saturated heterocycles. The van der Waals surface area contributed by atoms with Crippen molar-refractivity contribution in [1.29, 1.82) is 0 Å². The Morgan fingerprint density at radius 1 is 0.818 bits per heavy atom. The zero-order valence-electron chi connectivity index (χ0n) is 12.6. The molecule has 3 rings (SSSR count). The van der Waals surface area contributed by atoms with E-state index in [-0.39, 0.29) is 12.1 Å². The highest BCUT2D eigenvalue weighted by Gasteiger charge is 2.31. The highest BCUT2D eigenvalue weighted by Crippen LogP contribution is 2.40. The lowest BCUT2D eigenvalue weighted by Gasteiger charge is -2.31. The lowest BCUT2D eigenvalue weighted by molar-refractivity contribution is 0.121. The molecule has 0 atom stereocenters. The lowest BCUT2D eigenvalue weighted by Crippen LogP contribution is -2.38. The fourth-order valence-electron chi connectivity index (χ4n) is 3.04. The van der Waals surface area contributed by atoms with Gasteiger partial charge in [-0.15, -0.1) is 0 Å². The molecule has 0 spiro atoms. The van der Waals surface area contributed by atoms with Crippen molar-refractivity contribution in [3.05, 3.63) is 60.7 Å². The number of nitrogens with one attached hydrogen (secondary N) is 1. The number of benzene rings is 2. The minimum absolute atomic E-state index is 0.189. The zero-order valence-corrected chi connectivity index (χ0v) is 13.5. The smallest absolute Gasteiger partial charge is 0.204 e. The van der Waals surface area contributed by atoms with Crippen LogP contribution in [-0.2, 0) is 4.57 Å². The van der Waals surface area contributed by atoms with Gasteiger partial charge >= 0.3 is 0 Å². The Balaban J connectivity index is 1.92. The van der Waals surface area contributed by atoms with Gasteiger partial charge in [-0.2, -0.15) is 0 Å². The molecule has 4 heteroatoms. The molecular weight excluding hydrogens is 293 g/mol. The number of aliphatic hydroxyl groups is 1. The van der Waals surface area contributed by atoms with Crippen LogP contribution in [0, 0.1) is 0 Å². The van der Waals surface area contributed by atoms with Crippen LogP contribution in [0.4, 0.5) is 0 Å². The maximum atomic E-state index is 13.8. The predicted molar refractivity (Wildman–Crippen MR) is 91.2 cm³/mol. The Hall–Kier alpha value is -1.41. The minimum atomic E-state index is -2.84. The van der Waals surface area contributed by atoms with Crippen molar-refractivity contribution in [2.24, 2.45) is 0 Å². The topological polar surface area (TPSA) is 49.3 Å². The van der Waals surface area contributed by atoms with Crippen molar-refractivity contribution in [2.75, 3.05) is 0 Å². The fourth-order valence-corrected chi connectivity index (χ4v) is 5.59. The van der Waals surface area contributed by atoms with Crippen LogP contribution >= 0.6 is 7.29 Å². The van der Waals surface area contributed by atoms with Gasteiger partial charge in [-0.3, -0.25) is 9.65 Å². The summed E-state index contributed by atoms with van der Waals surface area (Å²) in [5, 5.41) is 14.8. The van der Waals surface area contributed by atoms with Crippen molar-refractivity contribution in [3.63, 3.8) is 0 Å². The molecule has 0 aliphatic heterocycles. The molecule has 1 saturated carbocycles. The summed E-state index contributed by atoms with van der Waals surface area (Å²) in [5.74, 6) is 0. The second-order valence-corrected chi connectivity index (χ2v) is 8.42. The van der Waals surface area contributed by atoms with E-state index in [9.17, 15) is 9.67 Å². The van der Waals surface area contributed by atoms with Crippen molar-refractivity contribution in [3.8, 4) is 0 Å². The summed E-state index contributed by atoms with van der Waals surface area (Å²) in [7, 11) is -2.84. The summed E-state index contributed by atoms with van der Waals surface area (Å²) >= 11 is 0. The van der Waals surface area contributed by atoms with Crippen LogP contribution in [0.5, 0.6) is 0 Å². The van der Waals surface area contributed by atoms with E-state index in [4.69, 9.17) is 0 Å². The second-order valence-electron chi connectivity index (χ2n) is 5.91. The molecule has 0 unspecified atom stereocenters. The molecule has 0 amide bonds. The lowest BCUT2D eigenvalue weighted by atomic mass is 9.94. The van der Waals surface area contributed by atoms with E-state index in [0.29, 0.717) is 0 Å². The summed E-state index contributed by atoms with van der Waals surface area (Å²) in [5.41, 5.74) is 0. The van der Waals surface area contributed by atoms with Gasteiger partial charge in [0.1, 0.15) is 0 Å². The molecule has 0 heterocycles. The van der Waals surface area contributed by atoms with Gasteiger partial charge in [-0.25, -0.2) is 0 Å². The van der Waals surface area contributed by atoms with Crippen LogP contribution < -0.4 is 15.7 Å². The van der Waals surface area contributed by atoms with Crippen molar-refractivity contribution < 1.29 is 9.67 Å². The summed E-state index contributed by atoms with van der Waals surface area (Å²) < 4.78 is 13.8. The summed E-state index contributed by atoms with van der Waals surface area (Å²) in [6.45, 7) is 0. The monoisotopic (exact) mass is 315 g/mol. The van der Waals surface area contributed by atoms with E-state index >= 15 is 0 Å². The molecule has 0 aromatic heterocycles. The average molecular weight is 315 g/mol. The average Bonchev–Trinajstić information content (AvgIpc) is 2.58. The molecule has 1 aliphatic carbocycles. The maximum absolute atomic E-state index is 13.8. The van der Waals surface area contributed by atoms with Gasteiger partial charge < -0.3 is 5.11 Å². The third-order valence-corrected chi connectivity index (χ3v) is 7.08. The Kier molecular flexibility index (Phi) is 4.77. The fraction of sp³-hybridized carbons (Fsp3) is 0.333. The zero-order chi connectivity index (χ0) is 15.4. The van der Waals surface area contributed by atoms with Crippen LogP contribution in [0.1, 0.15) is 25.7 Å². The molecule has 22 heavy (non-hydrogen) atoms. The van der Waals surface area contributed by atoms with Crippen LogP contribution in [0.3, 0.4) is 0 Å². The van der Waals surface area contributed by atoms with Gasteiger partial charge in [0.2, 0.25) is 7.29 Å². The Morgan fingerprint density at radius 3 is 1.73 bits per heavy atom. The highest BCUT2D eigenvalue weighted by molar-refractivity contribution is 7.76. The van der Waals surface area contributed by atoms with Gasteiger partial charge in [0.25, 0.3) is 0 Å². The van der Waals surface area contributed by atoms with Crippen molar-refractivity contribution in [2.45, 2.75) is 37.8 Å². The van der Waals surface area contributed by atoms with Crippen molar-refractivity contribution >= 4 is 17.9 Å². The van der Waals surface area contributed by atoms with Crippen LogP contribution in [0.2, 0.25) is 0 Å². The third kappa shape index (κ3) is 3.33. The highest BCUT2D eigenvalue weighted by atomic mass is 31.2. The maximum Gasteiger partial charge on any atom is 0.204 e. The first-order chi connectivity index (χ1) is 10.7. The normalized spacial score (nSPS) is 22.4. The number of aliphatic hydroxyl groups excluding tert-OH is 1. The number of rotatable bonds is 4. The molecule has 0 bridgehead atoms. The van der Waals surface area contributed by atoms with Gasteiger partial charge in [0.05, 0.1) is 6.10 Å². The van der Waals surface area contributed by atoms with E-state index in [2.05, 4.69) is 5.09 Å². The summed E-state index contributed by atoms with van der Waals surface area (Å²) in [4.78, 5) is 0. The molecular formula is C18H22NO2P. The first kappa shape index (κ1) is 15.5. The Labute approximate surface area is 131 Å². The largest absolute Gasteiger partial charge is 0.393 e. The van der Waals surface area contributed by atoms with E-state index in [1.165, 1.54) is 0 Å². The van der Waals surface area contributed by atoms with Gasteiger partial charge in [-0.05, 0) is 49.9 Å². The van der Waals surface area contributed by atoms with Crippen LogP contribution in [0.15, 0.2) is 60.7 Å². The number of hydrogen-bond acceptors (Lipinski definition) is 2. The van der Waals surface area contributed by atoms with Crippen molar-refractivity contribution in [1.82, 2.24) is 5.09 Å². The quantitative estimate of drug-likeness (QED) is 0.853. The predicted octanol–water partition coefficient (Wildman–Crippen LogP) is 2.81. The van der Waals surface area contributed by atoms with Gasteiger partial charge in [-0.1, -0.05) is 36.4 Å².